The maximum absolute atomic E-state index is 12.8. The van der Waals surface area contributed by atoms with Crippen LogP contribution in [-0.4, -0.2) is 40.3 Å². The summed E-state index contributed by atoms with van der Waals surface area (Å²) in [6.07, 6.45) is 2.09. The molecule has 3 aromatic rings. The summed E-state index contributed by atoms with van der Waals surface area (Å²) in [5.74, 6) is 0.0254. The first kappa shape index (κ1) is 18.5. The van der Waals surface area contributed by atoms with Crippen LogP contribution in [-0.2, 0) is 6.54 Å². The molecule has 1 amide bonds. The number of hydrogen-bond donors (Lipinski definition) is 0. The normalized spacial score (nSPS) is 11.1. The second-order valence-corrected chi connectivity index (χ2v) is 7.73. The van der Waals surface area contributed by atoms with Crippen molar-refractivity contribution in [2.24, 2.45) is 0 Å². The molecule has 0 saturated carbocycles. The van der Waals surface area contributed by atoms with E-state index in [1.807, 2.05) is 38.2 Å². The van der Waals surface area contributed by atoms with Gasteiger partial charge in [-0.05, 0) is 52.0 Å². The van der Waals surface area contributed by atoms with Gasteiger partial charge in [0.2, 0.25) is 0 Å². The Hall–Kier alpha value is -2.34. The van der Waals surface area contributed by atoms with E-state index in [-0.39, 0.29) is 5.91 Å². The molecule has 0 bridgehead atoms. The Labute approximate surface area is 158 Å². The number of amides is 1. The van der Waals surface area contributed by atoms with E-state index in [9.17, 15) is 4.79 Å². The molecular formula is C20H26N4OS. The van der Waals surface area contributed by atoms with E-state index in [0.29, 0.717) is 12.1 Å². The molecule has 0 N–H and O–H groups in total. The molecule has 5 nitrogen and oxygen atoms in total. The molecule has 0 radical (unpaired) electrons. The van der Waals surface area contributed by atoms with Gasteiger partial charge in [0.25, 0.3) is 5.91 Å². The van der Waals surface area contributed by atoms with Crippen LogP contribution in [0.4, 0.5) is 5.69 Å². The second kappa shape index (κ2) is 7.50. The monoisotopic (exact) mass is 370 g/mol. The SMILES string of the molecule is CCN(CC)c1ccc(C(=O)N(C)Cc2c(C)nc3sc(C)cn23)cc1. The summed E-state index contributed by atoms with van der Waals surface area (Å²) in [5, 5.41) is 0. The number of thiazole rings is 1. The summed E-state index contributed by atoms with van der Waals surface area (Å²) < 4.78 is 2.10. The highest BCUT2D eigenvalue weighted by atomic mass is 32.1. The van der Waals surface area contributed by atoms with Crippen molar-refractivity contribution in [3.05, 3.63) is 52.3 Å². The summed E-state index contributed by atoms with van der Waals surface area (Å²) in [6, 6.07) is 7.89. The van der Waals surface area contributed by atoms with Gasteiger partial charge in [-0.3, -0.25) is 9.20 Å². The van der Waals surface area contributed by atoms with Gasteiger partial charge in [0.1, 0.15) is 0 Å². The number of fused-ring (bicyclic) bond motifs is 1. The van der Waals surface area contributed by atoms with Gasteiger partial charge >= 0.3 is 0 Å². The Balaban J connectivity index is 1.78. The summed E-state index contributed by atoms with van der Waals surface area (Å²) in [4.78, 5) is 23.7. The summed E-state index contributed by atoms with van der Waals surface area (Å²) >= 11 is 1.67. The van der Waals surface area contributed by atoms with Crippen molar-refractivity contribution in [3.8, 4) is 0 Å². The highest BCUT2D eigenvalue weighted by molar-refractivity contribution is 7.17. The molecule has 0 aliphatic carbocycles. The van der Waals surface area contributed by atoms with Crippen molar-refractivity contribution in [1.29, 1.82) is 0 Å². The molecule has 0 unspecified atom stereocenters. The topological polar surface area (TPSA) is 40.9 Å². The third kappa shape index (κ3) is 3.46. The van der Waals surface area contributed by atoms with Gasteiger partial charge in [-0.2, -0.15) is 0 Å². The summed E-state index contributed by atoms with van der Waals surface area (Å²) in [5.41, 5.74) is 3.91. The minimum Gasteiger partial charge on any atom is -0.372 e. The van der Waals surface area contributed by atoms with Crippen molar-refractivity contribution in [2.45, 2.75) is 34.2 Å². The van der Waals surface area contributed by atoms with Gasteiger partial charge in [-0.15, -0.1) is 11.3 Å². The third-order valence-corrected chi connectivity index (χ3v) is 5.62. The number of aromatic nitrogens is 2. The molecule has 0 saturated heterocycles. The van der Waals surface area contributed by atoms with E-state index in [2.05, 4.69) is 41.3 Å². The summed E-state index contributed by atoms with van der Waals surface area (Å²) in [7, 11) is 1.85. The van der Waals surface area contributed by atoms with Crippen LogP contribution in [0, 0.1) is 13.8 Å². The molecule has 2 heterocycles. The first-order chi connectivity index (χ1) is 12.4. The Kier molecular flexibility index (Phi) is 5.32. The van der Waals surface area contributed by atoms with Crippen molar-refractivity contribution >= 4 is 27.9 Å². The van der Waals surface area contributed by atoms with Gasteiger partial charge in [0.05, 0.1) is 17.9 Å². The lowest BCUT2D eigenvalue weighted by Crippen LogP contribution is -2.27. The standard InChI is InChI=1S/C20H26N4OS/c1-6-23(7-2)17-10-8-16(9-11-17)19(25)22(5)13-18-15(4)21-20-24(18)12-14(3)26-20/h8-12H,6-7,13H2,1-5H3. The number of imidazole rings is 1. The molecule has 138 valence electrons. The minimum absolute atomic E-state index is 0.0254. The maximum atomic E-state index is 12.8. The van der Waals surface area contributed by atoms with Gasteiger partial charge in [0.15, 0.2) is 4.96 Å². The van der Waals surface area contributed by atoms with Crippen LogP contribution < -0.4 is 4.90 Å². The van der Waals surface area contributed by atoms with Gasteiger partial charge < -0.3 is 9.80 Å². The molecule has 0 atom stereocenters. The molecule has 0 spiro atoms. The highest BCUT2D eigenvalue weighted by Crippen LogP contribution is 2.22. The number of carbonyl (C=O) groups is 1. The number of hydrogen-bond acceptors (Lipinski definition) is 4. The lowest BCUT2D eigenvalue weighted by atomic mass is 10.1. The van der Waals surface area contributed by atoms with Crippen LogP contribution in [0.1, 0.15) is 40.5 Å². The third-order valence-electron chi connectivity index (χ3n) is 4.72. The minimum atomic E-state index is 0.0254. The Morgan fingerprint density at radius 3 is 2.42 bits per heavy atom. The Morgan fingerprint density at radius 1 is 1.15 bits per heavy atom. The molecule has 0 aliphatic heterocycles. The van der Waals surface area contributed by atoms with E-state index in [0.717, 1.165) is 35.1 Å². The molecule has 2 aromatic heterocycles. The zero-order valence-electron chi connectivity index (χ0n) is 16.1. The quantitative estimate of drug-likeness (QED) is 0.655. The molecular weight excluding hydrogens is 344 g/mol. The number of nitrogens with zero attached hydrogens (tertiary/aromatic N) is 4. The van der Waals surface area contributed by atoms with Crippen LogP contribution in [0.25, 0.3) is 4.96 Å². The zero-order chi connectivity index (χ0) is 18.8. The van der Waals surface area contributed by atoms with E-state index in [1.165, 1.54) is 4.88 Å². The number of carbonyl (C=O) groups excluding carboxylic acids is 1. The Bertz CT molecular complexity index is 906. The van der Waals surface area contributed by atoms with E-state index in [1.54, 1.807) is 16.2 Å². The fraction of sp³-hybridized carbons (Fsp3) is 0.400. The fourth-order valence-corrected chi connectivity index (χ4v) is 4.11. The van der Waals surface area contributed by atoms with Crippen LogP contribution in [0.5, 0.6) is 0 Å². The molecule has 3 rings (SSSR count). The van der Waals surface area contributed by atoms with Crippen LogP contribution >= 0.6 is 11.3 Å². The van der Waals surface area contributed by atoms with Crippen LogP contribution in [0.3, 0.4) is 0 Å². The molecule has 0 fully saturated rings. The molecule has 6 heteroatoms. The highest BCUT2D eigenvalue weighted by Gasteiger charge is 2.17. The molecule has 26 heavy (non-hydrogen) atoms. The first-order valence-electron chi connectivity index (χ1n) is 8.99. The van der Waals surface area contributed by atoms with E-state index >= 15 is 0 Å². The zero-order valence-corrected chi connectivity index (χ0v) is 16.9. The number of anilines is 1. The van der Waals surface area contributed by atoms with E-state index < -0.39 is 0 Å². The van der Waals surface area contributed by atoms with Crippen molar-refractivity contribution in [2.75, 3.05) is 25.0 Å². The van der Waals surface area contributed by atoms with Crippen LogP contribution in [0.15, 0.2) is 30.5 Å². The largest absolute Gasteiger partial charge is 0.372 e. The maximum Gasteiger partial charge on any atom is 0.253 e. The van der Waals surface area contributed by atoms with Crippen molar-refractivity contribution in [3.63, 3.8) is 0 Å². The second-order valence-electron chi connectivity index (χ2n) is 6.52. The van der Waals surface area contributed by atoms with Gasteiger partial charge in [0, 0.05) is 42.5 Å². The smallest absolute Gasteiger partial charge is 0.253 e. The van der Waals surface area contributed by atoms with Gasteiger partial charge in [-0.25, -0.2) is 4.98 Å². The van der Waals surface area contributed by atoms with Crippen molar-refractivity contribution in [1.82, 2.24) is 14.3 Å². The fourth-order valence-electron chi connectivity index (χ4n) is 3.22. The lowest BCUT2D eigenvalue weighted by Gasteiger charge is -2.22. The molecule has 1 aromatic carbocycles. The predicted molar refractivity (Wildman–Crippen MR) is 108 cm³/mol. The van der Waals surface area contributed by atoms with Crippen molar-refractivity contribution < 1.29 is 4.79 Å². The predicted octanol–water partition coefficient (Wildman–Crippen LogP) is 4.13. The Morgan fingerprint density at radius 2 is 1.81 bits per heavy atom. The summed E-state index contributed by atoms with van der Waals surface area (Å²) in [6.45, 7) is 10.8. The lowest BCUT2D eigenvalue weighted by molar-refractivity contribution is 0.0783. The van der Waals surface area contributed by atoms with E-state index in [4.69, 9.17) is 0 Å². The molecule has 0 aliphatic rings. The van der Waals surface area contributed by atoms with Crippen LogP contribution in [0.2, 0.25) is 0 Å². The number of benzene rings is 1. The van der Waals surface area contributed by atoms with Gasteiger partial charge in [-0.1, -0.05) is 0 Å². The first-order valence-corrected chi connectivity index (χ1v) is 9.80. The average molecular weight is 371 g/mol. The number of rotatable bonds is 6. The number of aryl methyl sites for hydroxylation is 2. The average Bonchev–Trinajstić information content (AvgIpc) is 3.12.